The van der Waals surface area contributed by atoms with Gasteiger partial charge in [0, 0.05) is 12.2 Å². The van der Waals surface area contributed by atoms with E-state index in [2.05, 4.69) is 10.9 Å². The summed E-state index contributed by atoms with van der Waals surface area (Å²) in [5.74, 6) is 1.47. The van der Waals surface area contributed by atoms with Crippen molar-refractivity contribution in [2.45, 2.75) is 6.10 Å². The van der Waals surface area contributed by atoms with Crippen molar-refractivity contribution in [3.05, 3.63) is 54.6 Å². The number of hydrogen-bond donors (Lipinski definition) is 3. The summed E-state index contributed by atoms with van der Waals surface area (Å²) in [5.41, 5.74) is 6.91. The normalized spacial score (nSPS) is 11.7. The lowest BCUT2D eigenvalue weighted by Gasteiger charge is -2.14. The standard InChI is InChI=1S/C16H20N2O3/c1-20-15-7-9-16(10-8-15)21-12-14(19)11-17-18-13-5-3-2-4-6-13/h2-10,14,17-19H,11-12H2,1H3. The molecule has 1 atom stereocenters. The Kier molecular flexibility index (Phi) is 5.87. The number of anilines is 1. The molecule has 2 rings (SSSR count). The third kappa shape index (κ3) is 5.33. The van der Waals surface area contributed by atoms with E-state index >= 15 is 0 Å². The zero-order valence-corrected chi connectivity index (χ0v) is 12.0. The zero-order valence-electron chi connectivity index (χ0n) is 12.0. The molecule has 0 radical (unpaired) electrons. The summed E-state index contributed by atoms with van der Waals surface area (Å²) in [7, 11) is 1.62. The van der Waals surface area contributed by atoms with E-state index in [0.717, 1.165) is 11.4 Å². The minimum absolute atomic E-state index is 0.218. The van der Waals surface area contributed by atoms with Crippen LogP contribution in [0.5, 0.6) is 11.5 Å². The van der Waals surface area contributed by atoms with Crippen LogP contribution in [0.15, 0.2) is 54.6 Å². The van der Waals surface area contributed by atoms with Crippen LogP contribution in [0.4, 0.5) is 5.69 Å². The molecule has 0 bridgehead atoms. The van der Waals surface area contributed by atoms with Gasteiger partial charge in [0.25, 0.3) is 0 Å². The fourth-order valence-corrected chi connectivity index (χ4v) is 1.72. The molecule has 0 saturated heterocycles. The second-order valence-corrected chi connectivity index (χ2v) is 4.51. The quantitative estimate of drug-likeness (QED) is 0.649. The van der Waals surface area contributed by atoms with E-state index in [9.17, 15) is 5.11 Å². The molecule has 0 fully saturated rings. The smallest absolute Gasteiger partial charge is 0.119 e. The lowest BCUT2D eigenvalue weighted by molar-refractivity contribution is 0.108. The summed E-state index contributed by atoms with van der Waals surface area (Å²) in [6.45, 7) is 0.598. The number of aliphatic hydroxyl groups excluding tert-OH is 1. The first kappa shape index (κ1) is 15.2. The number of benzene rings is 2. The van der Waals surface area contributed by atoms with Crippen molar-refractivity contribution >= 4 is 5.69 Å². The van der Waals surface area contributed by atoms with E-state index in [1.54, 1.807) is 19.2 Å². The van der Waals surface area contributed by atoms with Crippen molar-refractivity contribution < 1.29 is 14.6 Å². The third-order valence-electron chi connectivity index (χ3n) is 2.85. The van der Waals surface area contributed by atoms with Gasteiger partial charge in [-0.25, -0.2) is 5.43 Å². The van der Waals surface area contributed by atoms with Crippen LogP contribution in [-0.4, -0.2) is 31.5 Å². The summed E-state index contributed by atoms with van der Waals surface area (Å²) < 4.78 is 10.6. The molecule has 2 aromatic carbocycles. The first-order valence-corrected chi connectivity index (χ1v) is 6.77. The van der Waals surface area contributed by atoms with E-state index in [4.69, 9.17) is 9.47 Å². The number of ether oxygens (including phenoxy) is 2. The second-order valence-electron chi connectivity index (χ2n) is 4.51. The van der Waals surface area contributed by atoms with Crippen LogP contribution in [0.2, 0.25) is 0 Å². The predicted octanol–water partition coefficient (Wildman–Crippen LogP) is 2.05. The Hall–Kier alpha value is -2.24. The van der Waals surface area contributed by atoms with Gasteiger partial charge in [0.05, 0.1) is 7.11 Å². The number of methoxy groups -OCH3 is 1. The molecule has 0 spiro atoms. The molecule has 0 aromatic heterocycles. The van der Waals surface area contributed by atoms with Crippen molar-refractivity contribution in [3.8, 4) is 11.5 Å². The highest BCUT2D eigenvalue weighted by molar-refractivity contribution is 5.41. The van der Waals surface area contributed by atoms with Crippen LogP contribution in [-0.2, 0) is 0 Å². The van der Waals surface area contributed by atoms with Gasteiger partial charge in [-0.15, -0.1) is 0 Å². The van der Waals surface area contributed by atoms with Crippen LogP contribution < -0.4 is 20.3 Å². The Bertz CT molecular complexity index is 517. The molecule has 0 aliphatic heterocycles. The molecular weight excluding hydrogens is 268 g/mol. The minimum Gasteiger partial charge on any atom is -0.497 e. The molecule has 5 heteroatoms. The maximum Gasteiger partial charge on any atom is 0.119 e. The molecule has 21 heavy (non-hydrogen) atoms. The van der Waals surface area contributed by atoms with Crippen molar-refractivity contribution in [2.75, 3.05) is 25.7 Å². The molecule has 0 saturated carbocycles. The first-order valence-electron chi connectivity index (χ1n) is 6.77. The van der Waals surface area contributed by atoms with E-state index in [-0.39, 0.29) is 6.61 Å². The molecule has 1 unspecified atom stereocenters. The fourth-order valence-electron chi connectivity index (χ4n) is 1.72. The number of nitrogens with one attached hydrogen (secondary N) is 2. The summed E-state index contributed by atoms with van der Waals surface area (Å²) in [4.78, 5) is 0. The average molecular weight is 288 g/mol. The average Bonchev–Trinajstić information content (AvgIpc) is 2.54. The molecule has 0 heterocycles. The maximum absolute atomic E-state index is 9.84. The Labute approximate surface area is 124 Å². The van der Waals surface area contributed by atoms with Gasteiger partial charge < -0.3 is 20.0 Å². The number of hydrazine groups is 1. The van der Waals surface area contributed by atoms with E-state index in [1.807, 2.05) is 42.5 Å². The number of para-hydroxylation sites is 1. The molecule has 3 N–H and O–H groups in total. The van der Waals surface area contributed by atoms with Crippen LogP contribution in [0, 0.1) is 0 Å². The fraction of sp³-hybridized carbons (Fsp3) is 0.250. The van der Waals surface area contributed by atoms with Crippen molar-refractivity contribution in [3.63, 3.8) is 0 Å². The topological polar surface area (TPSA) is 62.8 Å². The van der Waals surface area contributed by atoms with Gasteiger partial charge in [-0.3, -0.25) is 0 Å². The second kappa shape index (κ2) is 8.14. The number of aliphatic hydroxyl groups is 1. The lowest BCUT2D eigenvalue weighted by Crippen LogP contribution is -2.34. The van der Waals surface area contributed by atoms with Crippen molar-refractivity contribution in [1.29, 1.82) is 0 Å². The van der Waals surface area contributed by atoms with E-state index in [0.29, 0.717) is 12.3 Å². The molecule has 0 aliphatic rings. The van der Waals surface area contributed by atoms with E-state index < -0.39 is 6.10 Å². The monoisotopic (exact) mass is 288 g/mol. The van der Waals surface area contributed by atoms with Crippen LogP contribution in [0.3, 0.4) is 0 Å². The summed E-state index contributed by atoms with van der Waals surface area (Å²) in [5, 5.41) is 9.84. The molecule has 5 nitrogen and oxygen atoms in total. The summed E-state index contributed by atoms with van der Waals surface area (Å²) in [6.07, 6.45) is -0.608. The Morgan fingerprint density at radius 2 is 1.67 bits per heavy atom. The van der Waals surface area contributed by atoms with E-state index in [1.165, 1.54) is 0 Å². The van der Waals surface area contributed by atoms with Gasteiger partial charge in [-0.2, -0.15) is 0 Å². The highest BCUT2D eigenvalue weighted by Gasteiger charge is 2.05. The van der Waals surface area contributed by atoms with Gasteiger partial charge >= 0.3 is 0 Å². The largest absolute Gasteiger partial charge is 0.497 e. The Morgan fingerprint density at radius 1 is 1.00 bits per heavy atom. The Balaban J connectivity index is 1.66. The SMILES string of the molecule is COc1ccc(OCC(O)CNNc2ccccc2)cc1. The van der Waals surface area contributed by atoms with Gasteiger partial charge in [0.15, 0.2) is 0 Å². The lowest BCUT2D eigenvalue weighted by atomic mass is 10.3. The molecule has 2 aromatic rings. The van der Waals surface area contributed by atoms with Crippen molar-refractivity contribution in [1.82, 2.24) is 5.43 Å². The highest BCUT2D eigenvalue weighted by Crippen LogP contribution is 2.16. The maximum atomic E-state index is 9.84. The molecule has 112 valence electrons. The third-order valence-corrected chi connectivity index (χ3v) is 2.85. The van der Waals surface area contributed by atoms with Gasteiger partial charge in [-0.05, 0) is 36.4 Å². The molecule has 0 aliphatic carbocycles. The van der Waals surface area contributed by atoms with Crippen LogP contribution in [0.25, 0.3) is 0 Å². The first-order chi connectivity index (χ1) is 10.3. The predicted molar refractivity (Wildman–Crippen MR) is 82.6 cm³/mol. The summed E-state index contributed by atoms with van der Waals surface area (Å²) >= 11 is 0. The minimum atomic E-state index is -0.608. The van der Waals surface area contributed by atoms with Gasteiger partial charge in [-0.1, -0.05) is 18.2 Å². The van der Waals surface area contributed by atoms with Crippen LogP contribution >= 0.6 is 0 Å². The van der Waals surface area contributed by atoms with Gasteiger partial charge in [0.2, 0.25) is 0 Å². The molecule has 0 amide bonds. The van der Waals surface area contributed by atoms with Crippen LogP contribution in [0.1, 0.15) is 0 Å². The number of rotatable bonds is 8. The molecular formula is C16H20N2O3. The number of hydrogen-bond acceptors (Lipinski definition) is 5. The zero-order chi connectivity index (χ0) is 14.9. The summed E-state index contributed by atoms with van der Waals surface area (Å²) in [6, 6.07) is 16.9. The van der Waals surface area contributed by atoms with Gasteiger partial charge in [0.1, 0.15) is 24.2 Å². The highest BCUT2D eigenvalue weighted by atomic mass is 16.5. The van der Waals surface area contributed by atoms with Crippen molar-refractivity contribution in [2.24, 2.45) is 0 Å². The Morgan fingerprint density at radius 3 is 2.33 bits per heavy atom.